The van der Waals surface area contributed by atoms with E-state index in [9.17, 15) is 0 Å². The Bertz CT molecular complexity index is 1250. The fourth-order valence-electron chi connectivity index (χ4n) is 4.13. The number of quaternary nitrogens is 1. The predicted molar refractivity (Wildman–Crippen MR) is 130 cm³/mol. The summed E-state index contributed by atoms with van der Waals surface area (Å²) in [6.45, 7) is 4.69. The van der Waals surface area contributed by atoms with Crippen molar-refractivity contribution in [2.24, 2.45) is 0 Å². The highest BCUT2D eigenvalue weighted by atomic mass is 35.5. The van der Waals surface area contributed by atoms with E-state index in [4.69, 9.17) is 28.9 Å². The molecule has 32 heavy (non-hydrogen) atoms. The Balaban J connectivity index is 1.39. The van der Waals surface area contributed by atoms with Gasteiger partial charge in [0.05, 0.1) is 26.2 Å². The van der Waals surface area contributed by atoms with Crippen molar-refractivity contribution in [3.05, 3.63) is 88.9 Å². The van der Waals surface area contributed by atoms with Gasteiger partial charge in [-0.1, -0.05) is 35.9 Å². The minimum Gasteiger partial charge on any atom is -0.360 e. The van der Waals surface area contributed by atoms with Crippen LogP contribution in [0.3, 0.4) is 0 Å². The Morgan fingerprint density at radius 1 is 0.938 bits per heavy atom. The van der Waals surface area contributed by atoms with Crippen molar-refractivity contribution in [3.63, 3.8) is 0 Å². The zero-order chi connectivity index (χ0) is 21.9. The number of pyridine rings is 1. The van der Waals surface area contributed by atoms with Crippen LogP contribution in [0, 0.1) is 4.77 Å². The molecule has 2 aromatic carbocycles. The molecule has 0 saturated carbocycles. The van der Waals surface area contributed by atoms with E-state index in [1.807, 2.05) is 64.0 Å². The van der Waals surface area contributed by atoms with Gasteiger partial charge >= 0.3 is 0 Å². The molecule has 1 N–H and O–H groups in total. The molecule has 3 heterocycles. The number of para-hydroxylation sites is 1. The summed E-state index contributed by atoms with van der Waals surface area (Å²) in [6.07, 6.45) is 3.60. The van der Waals surface area contributed by atoms with Crippen molar-refractivity contribution < 1.29 is 4.90 Å². The van der Waals surface area contributed by atoms with E-state index in [1.165, 1.54) is 10.6 Å². The van der Waals surface area contributed by atoms with Crippen LogP contribution in [0.5, 0.6) is 0 Å². The van der Waals surface area contributed by atoms with Crippen molar-refractivity contribution in [1.29, 1.82) is 0 Å². The summed E-state index contributed by atoms with van der Waals surface area (Å²) < 4.78 is 4.68. The van der Waals surface area contributed by atoms with Gasteiger partial charge in [0.15, 0.2) is 12.5 Å². The van der Waals surface area contributed by atoms with E-state index in [2.05, 4.69) is 28.1 Å². The van der Waals surface area contributed by atoms with Gasteiger partial charge in [0, 0.05) is 34.4 Å². The molecule has 5 rings (SSSR count). The van der Waals surface area contributed by atoms with Gasteiger partial charge in [-0.3, -0.25) is 9.55 Å². The molecule has 0 atom stereocenters. The Morgan fingerprint density at radius 2 is 1.72 bits per heavy atom. The lowest BCUT2D eigenvalue weighted by molar-refractivity contribution is -0.924. The summed E-state index contributed by atoms with van der Waals surface area (Å²) in [7, 11) is 0. The molecule has 0 spiro atoms. The lowest BCUT2D eigenvalue weighted by atomic mass is 10.2. The highest BCUT2D eigenvalue weighted by Gasteiger charge is 2.23. The van der Waals surface area contributed by atoms with Crippen LogP contribution in [0.25, 0.3) is 17.1 Å². The predicted octanol–water partition coefficient (Wildman–Crippen LogP) is 3.48. The Hall–Kier alpha value is -3.00. The zero-order valence-corrected chi connectivity index (χ0v) is 19.1. The van der Waals surface area contributed by atoms with Gasteiger partial charge in [-0.25, -0.2) is 0 Å². The lowest BCUT2D eigenvalue weighted by Gasteiger charge is -2.33. The topological polar surface area (TPSA) is 43.3 Å². The summed E-state index contributed by atoms with van der Waals surface area (Å²) in [5.41, 5.74) is 3.13. The highest BCUT2D eigenvalue weighted by Crippen LogP contribution is 2.22. The first kappa shape index (κ1) is 20.9. The number of rotatable bonds is 5. The first-order valence-corrected chi connectivity index (χ1v) is 11.5. The molecule has 4 aromatic rings. The molecule has 0 radical (unpaired) electrons. The van der Waals surface area contributed by atoms with Crippen molar-refractivity contribution in [2.45, 2.75) is 6.67 Å². The maximum atomic E-state index is 6.17. The molecule has 0 bridgehead atoms. The van der Waals surface area contributed by atoms with Gasteiger partial charge in [0.25, 0.3) is 0 Å². The monoisotopic (exact) mass is 463 g/mol. The molecule has 1 fully saturated rings. The molecule has 1 aliphatic rings. The van der Waals surface area contributed by atoms with E-state index < -0.39 is 0 Å². The van der Waals surface area contributed by atoms with Crippen LogP contribution in [0.15, 0.2) is 79.1 Å². The molecule has 0 aliphatic carbocycles. The maximum absolute atomic E-state index is 6.17. The number of nitrogens with zero attached hydrogens (tertiary/aromatic N) is 5. The summed E-state index contributed by atoms with van der Waals surface area (Å²) in [4.78, 5) is 8.12. The van der Waals surface area contributed by atoms with Gasteiger partial charge in [0.2, 0.25) is 4.77 Å². The maximum Gasteiger partial charge on any atom is 0.207 e. The third-order valence-corrected chi connectivity index (χ3v) is 6.42. The molecule has 0 amide bonds. The van der Waals surface area contributed by atoms with E-state index in [0.29, 0.717) is 4.77 Å². The normalized spacial score (nSPS) is 14.6. The number of anilines is 1. The molecular weight excluding hydrogens is 440 g/mol. The van der Waals surface area contributed by atoms with Crippen molar-refractivity contribution in [3.8, 4) is 17.1 Å². The molecule has 1 saturated heterocycles. The Labute approximate surface area is 197 Å². The van der Waals surface area contributed by atoms with E-state index in [-0.39, 0.29) is 0 Å². The number of halogens is 1. The second-order valence-electron chi connectivity index (χ2n) is 7.89. The summed E-state index contributed by atoms with van der Waals surface area (Å²) in [6, 6.07) is 22.2. The molecular formula is C24H24ClN6S+. The Kier molecular flexibility index (Phi) is 6.03. The number of piperazine rings is 1. The summed E-state index contributed by atoms with van der Waals surface area (Å²) in [5, 5.41) is 5.70. The Morgan fingerprint density at radius 3 is 2.44 bits per heavy atom. The SMILES string of the molecule is S=c1n(C[NH+]2CCN(c3cccc(Cl)c3)CC2)nc(-c2cccnc2)n1-c1ccccc1. The number of benzene rings is 2. The van der Waals surface area contributed by atoms with Crippen LogP contribution in [0.2, 0.25) is 5.02 Å². The molecule has 0 unspecified atom stereocenters. The largest absolute Gasteiger partial charge is 0.360 e. The van der Waals surface area contributed by atoms with Gasteiger partial charge in [-0.2, -0.15) is 4.68 Å². The van der Waals surface area contributed by atoms with Crippen LogP contribution >= 0.6 is 23.8 Å². The second kappa shape index (κ2) is 9.24. The van der Waals surface area contributed by atoms with Gasteiger partial charge in [-0.05, 0) is 54.7 Å². The van der Waals surface area contributed by atoms with Gasteiger partial charge < -0.3 is 9.80 Å². The minimum absolute atomic E-state index is 0.694. The average Bonchev–Trinajstić information content (AvgIpc) is 3.16. The lowest BCUT2D eigenvalue weighted by Crippen LogP contribution is -3.14. The molecule has 1 aliphatic heterocycles. The smallest absolute Gasteiger partial charge is 0.207 e. The summed E-state index contributed by atoms with van der Waals surface area (Å²) >= 11 is 12.1. The van der Waals surface area contributed by atoms with Gasteiger partial charge in [-0.15, -0.1) is 5.10 Å². The molecule has 2 aromatic heterocycles. The number of nitrogens with one attached hydrogen (secondary N) is 1. The van der Waals surface area contributed by atoms with Crippen molar-refractivity contribution in [2.75, 3.05) is 31.1 Å². The van der Waals surface area contributed by atoms with Crippen molar-refractivity contribution in [1.82, 2.24) is 19.3 Å². The van der Waals surface area contributed by atoms with Crippen LogP contribution < -0.4 is 9.80 Å². The van der Waals surface area contributed by atoms with Crippen LogP contribution in [0.4, 0.5) is 5.69 Å². The van der Waals surface area contributed by atoms with E-state index in [0.717, 1.165) is 54.9 Å². The number of hydrogen-bond acceptors (Lipinski definition) is 4. The van der Waals surface area contributed by atoms with Gasteiger partial charge in [0.1, 0.15) is 0 Å². The summed E-state index contributed by atoms with van der Waals surface area (Å²) in [5.74, 6) is 0.811. The zero-order valence-electron chi connectivity index (χ0n) is 17.6. The fourth-order valence-corrected chi connectivity index (χ4v) is 4.61. The third-order valence-electron chi connectivity index (χ3n) is 5.79. The second-order valence-corrected chi connectivity index (χ2v) is 8.69. The number of aromatic nitrogens is 4. The standard InChI is InChI=1S/C24H23ClN6S/c25-20-7-4-10-22(16-20)29-14-12-28(13-15-29)18-30-24(32)31(21-8-2-1-3-9-21)23(27-30)19-6-5-11-26-17-19/h1-11,16-17H,12-15,18H2/p+1. The fraction of sp³-hybridized carbons (Fsp3) is 0.208. The first-order chi connectivity index (χ1) is 15.7. The minimum atomic E-state index is 0.694. The van der Waals surface area contributed by atoms with E-state index in [1.54, 1.807) is 6.20 Å². The molecule has 6 nitrogen and oxygen atoms in total. The van der Waals surface area contributed by atoms with E-state index >= 15 is 0 Å². The first-order valence-electron chi connectivity index (χ1n) is 10.7. The van der Waals surface area contributed by atoms with Crippen molar-refractivity contribution >= 4 is 29.5 Å². The quantitative estimate of drug-likeness (QED) is 0.460. The number of hydrogen-bond donors (Lipinski definition) is 1. The third kappa shape index (κ3) is 4.32. The highest BCUT2D eigenvalue weighted by molar-refractivity contribution is 7.71. The average molecular weight is 464 g/mol. The molecule has 8 heteroatoms. The van der Waals surface area contributed by atoms with Crippen LogP contribution in [-0.4, -0.2) is 45.5 Å². The van der Waals surface area contributed by atoms with Crippen LogP contribution in [-0.2, 0) is 6.67 Å². The molecule has 162 valence electrons. The van der Waals surface area contributed by atoms with Crippen LogP contribution in [0.1, 0.15) is 0 Å².